The summed E-state index contributed by atoms with van der Waals surface area (Å²) in [5, 5.41) is 6.94. The summed E-state index contributed by atoms with van der Waals surface area (Å²) in [4.78, 5) is 25.8. The Kier molecular flexibility index (Phi) is 11.9. The van der Waals surface area contributed by atoms with Gasteiger partial charge in [0.1, 0.15) is 0 Å². The SMILES string of the molecule is CCN(c1ccc(/N=C2\C(Nc3ccc(N(CC)C(C)C)cc3)=CC(=O)C(Nc3ccc(N(CC)C(C)C)cc3)=C2C)cc1)C(C)C. The van der Waals surface area contributed by atoms with Crippen molar-refractivity contribution in [3.05, 3.63) is 95.8 Å². The third-order valence-electron chi connectivity index (χ3n) is 8.77. The van der Waals surface area contributed by atoms with Crippen molar-refractivity contribution in [2.45, 2.75) is 87.4 Å². The van der Waals surface area contributed by atoms with Crippen LogP contribution in [-0.2, 0) is 4.79 Å². The first-order valence-corrected chi connectivity index (χ1v) is 17.2. The van der Waals surface area contributed by atoms with Gasteiger partial charge in [-0.3, -0.25) is 4.79 Å². The molecule has 0 heterocycles. The van der Waals surface area contributed by atoms with Crippen LogP contribution in [-0.4, -0.2) is 49.3 Å². The van der Waals surface area contributed by atoms with E-state index in [-0.39, 0.29) is 5.78 Å². The number of anilines is 5. The fraction of sp³-hybridized carbons (Fsp3) is 0.400. The lowest BCUT2D eigenvalue weighted by atomic mass is 9.96. The van der Waals surface area contributed by atoms with Crippen LogP contribution in [0.3, 0.4) is 0 Å². The van der Waals surface area contributed by atoms with E-state index in [0.717, 1.165) is 53.7 Å². The van der Waals surface area contributed by atoms with E-state index in [2.05, 4.69) is 148 Å². The van der Waals surface area contributed by atoms with Gasteiger partial charge in [-0.05, 0) is 142 Å². The van der Waals surface area contributed by atoms with Crippen LogP contribution in [0.15, 0.2) is 101 Å². The highest BCUT2D eigenvalue weighted by Gasteiger charge is 2.25. The monoisotopic (exact) mass is 634 g/mol. The minimum atomic E-state index is -0.0927. The van der Waals surface area contributed by atoms with Gasteiger partial charge in [0.05, 0.1) is 22.8 Å². The molecule has 3 aromatic rings. The molecule has 0 spiro atoms. The summed E-state index contributed by atoms with van der Waals surface area (Å²) >= 11 is 0. The molecule has 0 aliphatic heterocycles. The van der Waals surface area contributed by atoms with Crippen LogP contribution < -0.4 is 25.3 Å². The first-order chi connectivity index (χ1) is 22.5. The van der Waals surface area contributed by atoms with Gasteiger partial charge in [0.15, 0.2) is 0 Å². The molecule has 0 bridgehead atoms. The Hall–Kier alpha value is -4.52. The molecule has 1 aliphatic rings. The van der Waals surface area contributed by atoms with E-state index < -0.39 is 0 Å². The summed E-state index contributed by atoms with van der Waals surface area (Å²) in [5.74, 6) is -0.0927. The van der Waals surface area contributed by atoms with Crippen LogP contribution in [0, 0.1) is 0 Å². The molecule has 0 unspecified atom stereocenters. The quantitative estimate of drug-likeness (QED) is 0.172. The number of ketones is 1. The molecule has 0 amide bonds. The third-order valence-corrected chi connectivity index (χ3v) is 8.77. The van der Waals surface area contributed by atoms with Crippen molar-refractivity contribution in [3.63, 3.8) is 0 Å². The molecule has 7 nitrogen and oxygen atoms in total. The van der Waals surface area contributed by atoms with Gasteiger partial charge in [0, 0.05) is 77.8 Å². The maximum atomic E-state index is 13.7. The predicted molar refractivity (Wildman–Crippen MR) is 204 cm³/mol. The van der Waals surface area contributed by atoms with Crippen molar-refractivity contribution in [3.8, 4) is 0 Å². The molecule has 47 heavy (non-hydrogen) atoms. The average molecular weight is 635 g/mol. The summed E-state index contributed by atoms with van der Waals surface area (Å²) in [6, 6.07) is 26.2. The normalized spacial score (nSPS) is 14.3. The summed E-state index contributed by atoms with van der Waals surface area (Å²) in [6.07, 6.45) is 1.66. The Morgan fingerprint density at radius 1 is 0.596 bits per heavy atom. The molecule has 0 aromatic heterocycles. The molecular formula is C40H54N6O. The van der Waals surface area contributed by atoms with Crippen molar-refractivity contribution >= 4 is 45.6 Å². The number of nitrogens with zero attached hydrogens (tertiary/aromatic N) is 4. The van der Waals surface area contributed by atoms with Gasteiger partial charge in [-0.15, -0.1) is 0 Å². The maximum absolute atomic E-state index is 13.7. The number of benzene rings is 3. The third kappa shape index (κ3) is 8.45. The zero-order chi connectivity index (χ0) is 34.2. The molecule has 0 atom stereocenters. The van der Waals surface area contributed by atoms with E-state index >= 15 is 0 Å². The lowest BCUT2D eigenvalue weighted by Crippen LogP contribution is -2.30. The molecule has 0 saturated carbocycles. The highest BCUT2D eigenvalue weighted by atomic mass is 16.1. The highest BCUT2D eigenvalue weighted by molar-refractivity contribution is 6.27. The molecule has 250 valence electrons. The number of allylic oxidation sites excluding steroid dienone is 2. The number of carbonyl (C=O) groups is 1. The standard InChI is InChI=1S/C40H54N6O/c1-11-44(27(4)5)34-20-14-31(15-21-34)41-37-26-38(47)40(43-33-18-24-36(25-19-33)46(13-3)29(8)9)30(10)39(37)42-32-16-22-35(23-17-32)45(12-2)28(6)7/h14-29,41,43H,11-13H2,1-10H3/b42-39-. The van der Waals surface area contributed by atoms with Crippen molar-refractivity contribution in [1.82, 2.24) is 0 Å². The fourth-order valence-electron chi connectivity index (χ4n) is 6.33. The smallest absolute Gasteiger partial charge is 0.204 e. The van der Waals surface area contributed by atoms with E-state index in [1.54, 1.807) is 6.08 Å². The Morgan fingerprint density at radius 2 is 0.979 bits per heavy atom. The van der Waals surface area contributed by atoms with E-state index in [1.807, 2.05) is 19.1 Å². The lowest BCUT2D eigenvalue weighted by Gasteiger charge is -2.28. The first-order valence-electron chi connectivity index (χ1n) is 17.2. The molecule has 0 fully saturated rings. The summed E-state index contributed by atoms with van der Waals surface area (Å²) in [5.41, 5.74) is 8.80. The Balaban J connectivity index is 1.69. The second-order valence-corrected chi connectivity index (χ2v) is 12.9. The molecule has 7 heteroatoms. The lowest BCUT2D eigenvalue weighted by molar-refractivity contribution is -0.111. The van der Waals surface area contributed by atoms with Crippen molar-refractivity contribution in [2.75, 3.05) is 45.0 Å². The van der Waals surface area contributed by atoms with Crippen LogP contribution in [0.5, 0.6) is 0 Å². The highest BCUT2D eigenvalue weighted by Crippen LogP contribution is 2.30. The van der Waals surface area contributed by atoms with Gasteiger partial charge in [-0.1, -0.05) is 0 Å². The topological polar surface area (TPSA) is 63.2 Å². The molecule has 4 rings (SSSR count). The zero-order valence-corrected chi connectivity index (χ0v) is 30.1. The van der Waals surface area contributed by atoms with Gasteiger partial charge < -0.3 is 25.3 Å². The molecule has 1 aliphatic carbocycles. The molecule has 2 N–H and O–H groups in total. The van der Waals surface area contributed by atoms with Gasteiger partial charge in [-0.2, -0.15) is 0 Å². The van der Waals surface area contributed by atoms with E-state index in [9.17, 15) is 4.79 Å². The summed E-state index contributed by atoms with van der Waals surface area (Å²) in [6.45, 7) is 24.5. The Labute approximate surface area is 283 Å². The predicted octanol–water partition coefficient (Wildman–Crippen LogP) is 9.43. The van der Waals surface area contributed by atoms with Crippen molar-refractivity contribution < 1.29 is 4.79 Å². The van der Waals surface area contributed by atoms with E-state index in [0.29, 0.717) is 29.5 Å². The molecular weight excluding hydrogens is 580 g/mol. The molecule has 3 aromatic carbocycles. The van der Waals surface area contributed by atoms with Crippen LogP contribution in [0.25, 0.3) is 0 Å². The largest absolute Gasteiger partial charge is 0.369 e. The van der Waals surface area contributed by atoms with Gasteiger partial charge in [-0.25, -0.2) is 4.99 Å². The second kappa shape index (κ2) is 15.9. The Morgan fingerprint density at radius 3 is 1.36 bits per heavy atom. The average Bonchev–Trinajstić information content (AvgIpc) is 3.04. The van der Waals surface area contributed by atoms with Gasteiger partial charge in [0.2, 0.25) is 5.78 Å². The second-order valence-electron chi connectivity index (χ2n) is 12.9. The first kappa shape index (κ1) is 35.3. The van der Waals surface area contributed by atoms with Crippen molar-refractivity contribution in [1.29, 1.82) is 0 Å². The minimum Gasteiger partial charge on any atom is -0.369 e. The fourth-order valence-corrected chi connectivity index (χ4v) is 6.33. The van der Waals surface area contributed by atoms with Crippen LogP contribution in [0.1, 0.15) is 69.2 Å². The number of nitrogens with one attached hydrogen (secondary N) is 2. The number of rotatable bonds is 14. The van der Waals surface area contributed by atoms with E-state index in [4.69, 9.17) is 4.99 Å². The number of hydrogen-bond acceptors (Lipinski definition) is 7. The number of carbonyl (C=O) groups excluding carboxylic acids is 1. The van der Waals surface area contributed by atoms with Crippen LogP contribution in [0.4, 0.5) is 34.1 Å². The number of hydrogen-bond donors (Lipinski definition) is 2. The van der Waals surface area contributed by atoms with Gasteiger partial charge in [0.25, 0.3) is 0 Å². The van der Waals surface area contributed by atoms with E-state index in [1.165, 1.54) is 11.4 Å². The Bertz CT molecular complexity index is 1580. The zero-order valence-electron chi connectivity index (χ0n) is 30.1. The maximum Gasteiger partial charge on any atom is 0.204 e. The van der Waals surface area contributed by atoms with Gasteiger partial charge >= 0.3 is 0 Å². The molecule has 0 radical (unpaired) electrons. The van der Waals surface area contributed by atoms with Crippen molar-refractivity contribution in [2.24, 2.45) is 4.99 Å². The van der Waals surface area contributed by atoms with Crippen LogP contribution in [0.2, 0.25) is 0 Å². The molecule has 0 saturated heterocycles. The minimum absolute atomic E-state index is 0.0927. The van der Waals surface area contributed by atoms with Crippen LogP contribution >= 0.6 is 0 Å². The summed E-state index contributed by atoms with van der Waals surface area (Å²) in [7, 11) is 0. The summed E-state index contributed by atoms with van der Waals surface area (Å²) < 4.78 is 0. The number of aliphatic imine (C=N–C) groups is 1.